The first kappa shape index (κ1) is 15.9. The van der Waals surface area contributed by atoms with Gasteiger partial charge >= 0.3 is 0 Å². The molecular formula is C15H15N3O3S2. The molecule has 120 valence electrons. The van der Waals surface area contributed by atoms with Crippen molar-refractivity contribution in [3.8, 4) is 11.4 Å². The Labute approximate surface area is 138 Å². The van der Waals surface area contributed by atoms with Crippen LogP contribution in [-0.4, -0.2) is 29.9 Å². The van der Waals surface area contributed by atoms with Crippen molar-refractivity contribution in [2.45, 2.75) is 17.7 Å². The summed E-state index contributed by atoms with van der Waals surface area (Å²) in [6.45, 7) is 1.98. The summed E-state index contributed by atoms with van der Waals surface area (Å²) in [4.78, 5) is 4.30. The summed E-state index contributed by atoms with van der Waals surface area (Å²) in [5.41, 5.74) is 1.89. The molecule has 0 aliphatic carbocycles. The number of aromatic nitrogens is 2. The molecule has 1 aromatic carbocycles. The first-order valence-corrected chi connectivity index (χ1v) is 9.19. The van der Waals surface area contributed by atoms with E-state index in [-0.39, 0.29) is 12.4 Å². The molecule has 0 saturated heterocycles. The van der Waals surface area contributed by atoms with E-state index in [0.29, 0.717) is 10.0 Å². The van der Waals surface area contributed by atoms with Gasteiger partial charge in [0.15, 0.2) is 0 Å². The number of benzene rings is 1. The van der Waals surface area contributed by atoms with Gasteiger partial charge in [0.2, 0.25) is 11.7 Å². The summed E-state index contributed by atoms with van der Waals surface area (Å²) in [6.07, 6.45) is 0. The Hall–Kier alpha value is -2.03. The molecule has 2 heterocycles. The molecule has 3 rings (SSSR count). The van der Waals surface area contributed by atoms with E-state index in [0.717, 1.165) is 11.1 Å². The van der Waals surface area contributed by atoms with Gasteiger partial charge in [0.1, 0.15) is 4.21 Å². The smallest absolute Gasteiger partial charge is 0.252 e. The lowest BCUT2D eigenvalue weighted by Gasteiger charge is -2.13. The number of rotatable bonds is 5. The second kappa shape index (κ2) is 6.23. The normalized spacial score (nSPS) is 12.0. The summed E-state index contributed by atoms with van der Waals surface area (Å²) in [6, 6.07) is 11.0. The second-order valence-corrected chi connectivity index (χ2v) is 8.24. The molecule has 0 fully saturated rings. The fourth-order valence-corrected chi connectivity index (χ4v) is 4.41. The van der Waals surface area contributed by atoms with Crippen molar-refractivity contribution < 1.29 is 12.9 Å². The van der Waals surface area contributed by atoms with Crippen LogP contribution in [0, 0.1) is 6.92 Å². The van der Waals surface area contributed by atoms with Crippen molar-refractivity contribution in [1.82, 2.24) is 14.4 Å². The Morgan fingerprint density at radius 2 is 2.00 bits per heavy atom. The van der Waals surface area contributed by atoms with Gasteiger partial charge in [0.25, 0.3) is 10.0 Å². The summed E-state index contributed by atoms with van der Waals surface area (Å²) in [5.74, 6) is 0.714. The van der Waals surface area contributed by atoms with E-state index in [9.17, 15) is 8.42 Å². The maximum atomic E-state index is 12.4. The molecule has 0 aliphatic rings. The molecule has 0 saturated carbocycles. The highest BCUT2D eigenvalue weighted by Gasteiger charge is 2.24. The third-order valence-corrected chi connectivity index (χ3v) is 6.55. The quantitative estimate of drug-likeness (QED) is 0.708. The van der Waals surface area contributed by atoms with Crippen LogP contribution in [0.4, 0.5) is 0 Å². The summed E-state index contributed by atoms with van der Waals surface area (Å²) in [5, 5.41) is 5.67. The van der Waals surface area contributed by atoms with E-state index in [2.05, 4.69) is 10.1 Å². The molecule has 0 atom stereocenters. The van der Waals surface area contributed by atoms with E-state index in [4.69, 9.17) is 4.52 Å². The minimum atomic E-state index is -3.53. The predicted molar refractivity (Wildman–Crippen MR) is 87.4 cm³/mol. The number of aryl methyl sites for hydroxylation is 1. The van der Waals surface area contributed by atoms with Crippen molar-refractivity contribution in [1.29, 1.82) is 0 Å². The Morgan fingerprint density at radius 3 is 2.70 bits per heavy atom. The number of thiophene rings is 1. The molecule has 3 aromatic rings. The van der Waals surface area contributed by atoms with Gasteiger partial charge < -0.3 is 4.52 Å². The molecule has 0 unspecified atom stereocenters. The highest BCUT2D eigenvalue weighted by Crippen LogP contribution is 2.23. The summed E-state index contributed by atoms with van der Waals surface area (Å²) >= 11 is 1.18. The van der Waals surface area contributed by atoms with Crippen LogP contribution in [0.2, 0.25) is 0 Å². The Balaban J connectivity index is 1.81. The minimum Gasteiger partial charge on any atom is -0.338 e. The number of nitrogens with zero attached hydrogens (tertiary/aromatic N) is 3. The molecule has 0 aliphatic heterocycles. The first-order chi connectivity index (χ1) is 11.0. The third kappa shape index (κ3) is 3.19. The first-order valence-electron chi connectivity index (χ1n) is 6.87. The van der Waals surface area contributed by atoms with Crippen LogP contribution < -0.4 is 0 Å². The van der Waals surface area contributed by atoms with Crippen molar-refractivity contribution in [2.24, 2.45) is 0 Å². The Bertz CT molecular complexity index is 902. The lowest BCUT2D eigenvalue weighted by Crippen LogP contribution is -2.25. The molecular weight excluding hydrogens is 334 g/mol. The average molecular weight is 349 g/mol. The molecule has 0 bridgehead atoms. The standard InChI is InChI=1S/C15H15N3O3S2/c1-11-6-3-4-7-12(11)15-16-13(21-17-15)10-18(2)23(19,20)14-8-5-9-22-14/h3-9H,10H2,1-2H3. The Morgan fingerprint density at radius 1 is 1.22 bits per heavy atom. The molecule has 23 heavy (non-hydrogen) atoms. The SMILES string of the molecule is Cc1ccccc1-c1noc(CN(C)S(=O)(=O)c2cccs2)n1. The van der Waals surface area contributed by atoms with Gasteiger partial charge in [-0.15, -0.1) is 11.3 Å². The van der Waals surface area contributed by atoms with Gasteiger partial charge in [-0.3, -0.25) is 0 Å². The largest absolute Gasteiger partial charge is 0.338 e. The topological polar surface area (TPSA) is 76.3 Å². The predicted octanol–water partition coefficient (Wildman–Crippen LogP) is 2.93. The van der Waals surface area contributed by atoms with Crippen LogP contribution in [0.15, 0.2) is 50.5 Å². The number of sulfonamides is 1. The van der Waals surface area contributed by atoms with Crippen LogP contribution in [0.5, 0.6) is 0 Å². The van der Waals surface area contributed by atoms with Gasteiger partial charge in [0.05, 0.1) is 6.54 Å². The molecule has 6 nitrogen and oxygen atoms in total. The van der Waals surface area contributed by atoms with Gasteiger partial charge in [-0.05, 0) is 23.9 Å². The minimum absolute atomic E-state index is 0.0269. The molecule has 0 N–H and O–H groups in total. The van der Waals surface area contributed by atoms with Crippen molar-refractivity contribution in [2.75, 3.05) is 7.05 Å². The maximum absolute atomic E-state index is 12.4. The van der Waals surface area contributed by atoms with Gasteiger partial charge in [-0.1, -0.05) is 35.5 Å². The fraction of sp³-hybridized carbons (Fsp3) is 0.200. The molecule has 2 aromatic heterocycles. The van der Waals surface area contributed by atoms with Gasteiger partial charge in [-0.25, -0.2) is 8.42 Å². The fourth-order valence-electron chi connectivity index (χ4n) is 2.09. The highest BCUT2D eigenvalue weighted by molar-refractivity contribution is 7.91. The number of hydrogen-bond donors (Lipinski definition) is 0. The molecule has 8 heteroatoms. The van der Waals surface area contributed by atoms with E-state index in [1.807, 2.05) is 31.2 Å². The third-order valence-electron chi connectivity index (χ3n) is 3.37. The highest BCUT2D eigenvalue weighted by atomic mass is 32.2. The molecule has 0 amide bonds. The Kier molecular flexibility index (Phi) is 4.29. The van der Waals surface area contributed by atoms with Crippen LogP contribution in [0.25, 0.3) is 11.4 Å². The molecule has 0 radical (unpaired) electrons. The summed E-state index contributed by atoms with van der Waals surface area (Å²) < 4.78 is 31.4. The van der Waals surface area contributed by atoms with E-state index in [1.165, 1.54) is 22.7 Å². The zero-order valence-corrected chi connectivity index (χ0v) is 14.3. The lowest BCUT2D eigenvalue weighted by atomic mass is 10.1. The van der Waals surface area contributed by atoms with Crippen LogP contribution in [-0.2, 0) is 16.6 Å². The van der Waals surface area contributed by atoms with E-state index < -0.39 is 10.0 Å². The van der Waals surface area contributed by atoms with Crippen molar-refractivity contribution in [3.05, 3.63) is 53.2 Å². The maximum Gasteiger partial charge on any atom is 0.252 e. The lowest BCUT2D eigenvalue weighted by molar-refractivity contribution is 0.337. The summed E-state index contributed by atoms with van der Waals surface area (Å²) in [7, 11) is -2.04. The van der Waals surface area contributed by atoms with Crippen LogP contribution >= 0.6 is 11.3 Å². The second-order valence-electron chi connectivity index (χ2n) is 5.02. The average Bonchev–Trinajstić information content (AvgIpc) is 3.19. The van der Waals surface area contributed by atoms with Crippen molar-refractivity contribution >= 4 is 21.4 Å². The molecule has 0 spiro atoms. The van der Waals surface area contributed by atoms with Crippen LogP contribution in [0.3, 0.4) is 0 Å². The van der Waals surface area contributed by atoms with Gasteiger partial charge in [-0.2, -0.15) is 9.29 Å². The number of hydrogen-bond acceptors (Lipinski definition) is 6. The van der Waals surface area contributed by atoms with E-state index in [1.54, 1.807) is 17.5 Å². The zero-order valence-electron chi connectivity index (χ0n) is 12.6. The van der Waals surface area contributed by atoms with E-state index >= 15 is 0 Å². The van der Waals surface area contributed by atoms with Gasteiger partial charge in [0, 0.05) is 12.6 Å². The van der Waals surface area contributed by atoms with Crippen molar-refractivity contribution in [3.63, 3.8) is 0 Å². The zero-order chi connectivity index (χ0) is 16.4. The van der Waals surface area contributed by atoms with Crippen LogP contribution in [0.1, 0.15) is 11.5 Å². The monoisotopic (exact) mass is 349 g/mol.